The molecule has 0 radical (unpaired) electrons. The zero-order valence-electron chi connectivity index (χ0n) is 18.3. The number of hydrogen-bond donors (Lipinski definition) is 0. The minimum Gasteiger partial charge on any atom is -0.497 e. The molecule has 0 saturated heterocycles. The molecule has 0 aromatic heterocycles. The van der Waals surface area contributed by atoms with Gasteiger partial charge in [-0.1, -0.05) is 80.1 Å². The molecule has 0 heterocycles. The van der Waals surface area contributed by atoms with E-state index in [4.69, 9.17) is 4.74 Å². The van der Waals surface area contributed by atoms with Gasteiger partial charge in [0.05, 0.1) is 7.11 Å². The summed E-state index contributed by atoms with van der Waals surface area (Å²) in [4.78, 5) is 0. The summed E-state index contributed by atoms with van der Waals surface area (Å²) in [5, 5.41) is 1.61. The van der Waals surface area contributed by atoms with E-state index in [0.717, 1.165) is 36.0 Å². The Morgan fingerprint density at radius 2 is 1.35 bits per heavy atom. The fourth-order valence-corrected chi connectivity index (χ4v) is 4.03. The minimum atomic E-state index is -0.170. The number of ether oxygens (including phenoxy) is 1. The number of halogens is 1. The SMILES string of the molecule is CCCCc1ccc(CCc2ccc3c(F)c(-c4ccc(OC)cc4)ccc3c2)cc1. The molecule has 0 aliphatic carbocycles. The predicted octanol–water partition coefficient (Wildman–Crippen LogP) is 7.78. The molecule has 2 heteroatoms. The molecule has 0 aliphatic heterocycles. The van der Waals surface area contributed by atoms with E-state index in [-0.39, 0.29) is 5.82 Å². The van der Waals surface area contributed by atoms with E-state index in [2.05, 4.69) is 43.3 Å². The van der Waals surface area contributed by atoms with Crippen LogP contribution in [-0.2, 0) is 19.3 Å². The van der Waals surface area contributed by atoms with Gasteiger partial charge in [-0.15, -0.1) is 0 Å². The molecule has 4 aromatic carbocycles. The Kier molecular flexibility index (Phi) is 6.66. The molecule has 4 rings (SSSR count). The zero-order chi connectivity index (χ0) is 21.6. The number of fused-ring (bicyclic) bond motifs is 1. The summed E-state index contributed by atoms with van der Waals surface area (Å²) in [6.07, 6.45) is 5.57. The summed E-state index contributed by atoms with van der Waals surface area (Å²) >= 11 is 0. The van der Waals surface area contributed by atoms with Crippen molar-refractivity contribution in [3.8, 4) is 16.9 Å². The molecular formula is C29H29FO. The summed E-state index contributed by atoms with van der Waals surface area (Å²) in [5.41, 5.74) is 5.47. The largest absolute Gasteiger partial charge is 0.497 e. The quantitative estimate of drug-likeness (QED) is 0.287. The third-order valence-electron chi connectivity index (χ3n) is 5.96. The maximum Gasteiger partial charge on any atom is 0.138 e. The first-order valence-corrected chi connectivity index (χ1v) is 11.1. The lowest BCUT2D eigenvalue weighted by atomic mass is 9.97. The minimum absolute atomic E-state index is 0.170. The van der Waals surface area contributed by atoms with Crippen LogP contribution < -0.4 is 4.74 Å². The van der Waals surface area contributed by atoms with Crippen molar-refractivity contribution in [3.05, 3.63) is 101 Å². The van der Waals surface area contributed by atoms with Crippen molar-refractivity contribution in [2.24, 2.45) is 0 Å². The number of rotatable bonds is 8. The molecule has 0 bridgehead atoms. The van der Waals surface area contributed by atoms with Crippen molar-refractivity contribution in [1.29, 1.82) is 0 Å². The fourth-order valence-electron chi connectivity index (χ4n) is 4.03. The zero-order valence-corrected chi connectivity index (χ0v) is 18.3. The van der Waals surface area contributed by atoms with Crippen molar-refractivity contribution in [3.63, 3.8) is 0 Å². The van der Waals surface area contributed by atoms with Gasteiger partial charge in [-0.3, -0.25) is 0 Å². The molecule has 0 saturated carbocycles. The van der Waals surface area contributed by atoms with Crippen LogP contribution in [0.4, 0.5) is 4.39 Å². The van der Waals surface area contributed by atoms with Crippen molar-refractivity contribution in [2.75, 3.05) is 7.11 Å². The normalized spacial score (nSPS) is 11.1. The predicted molar refractivity (Wildman–Crippen MR) is 128 cm³/mol. The van der Waals surface area contributed by atoms with E-state index in [1.54, 1.807) is 7.11 Å². The molecule has 0 aliphatic rings. The van der Waals surface area contributed by atoms with Gasteiger partial charge in [-0.25, -0.2) is 4.39 Å². The number of aryl methyl sites for hydroxylation is 3. The average Bonchev–Trinajstić information content (AvgIpc) is 2.82. The topological polar surface area (TPSA) is 9.23 Å². The Balaban J connectivity index is 1.49. The maximum atomic E-state index is 15.2. The second kappa shape index (κ2) is 9.78. The Morgan fingerprint density at radius 3 is 2.03 bits per heavy atom. The van der Waals surface area contributed by atoms with Gasteiger partial charge >= 0.3 is 0 Å². The van der Waals surface area contributed by atoms with Gasteiger partial charge in [0.15, 0.2) is 0 Å². The Bertz CT molecular complexity index is 1140. The molecule has 0 atom stereocenters. The highest BCUT2D eigenvalue weighted by molar-refractivity contribution is 5.88. The van der Waals surface area contributed by atoms with Gasteiger partial charge in [0.1, 0.15) is 11.6 Å². The highest BCUT2D eigenvalue weighted by Crippen LogP contribution is 2.30. The third-order valence-corrected chi connectivity index (χ3v) is 5.96. The molecule has 0 spiro atoms. The maximum absolute atomic E-state index is 15.2. The highest BCUT2D eigenvalue weighted by Gasteiger charge is 2.10. The first kappa shape index (κ1) is 21.1. The van der Waals surface area contributed by atoms with E-state index >= 15 is 4.39 Å². The third kappa shape index (κ3) is 4.96. The summed E-state index contributed by atoms with van der Waals surface area (Å²) in [6.45, 7) is 2.23. The standard InChI is InChI=1S/C29H29FO/c1-3-4-5-21-6-8-22(9-7-21)10-11-23-12-18-28-25(20-23)15-19-27(29(28)30)24-13-16-26(31-2)17-14-24/h6-9,12-20H,3-5,10-11H2,1-2H3. The molecule has 0 amide bonds. The lowest BCUT2D eigenvalue weighted by molar-refractivity contribution is 0.415. The van der Waals surface area contributed by atoms with Crippen LogP contribution in [0.3, 0.4) is 0 Å². The van der Waals surface area contributed by atoms with E-state index in [1.807, 2.05) is 42.5 Å². The Hall–Kier alpha value is -3.13. The van der Waals surface area contributed by atoms with Gasteiger partial charge in [0.2, 0.25) is 0 Å². The van der Waals surface area contributed by atoms with E-state index in [1.165, 1.54) is 29.5 Å². The molecule has 4 aromatic rings. The molecule has 0 unspecified atom stereocenters. The molecular weight excluding hydrogens is 383 g/mol. The van der Waals surface area contributed by atoms with Crippen LogP contribution in [0.25, 0.3) is 21.9 Å². The van der Waals surface area contributed by atoms with Crippen molar-refractivity contribution < 1.29 is 9.13 Å². The number of benzene rings is 4. The fraction of sp³-hybridized carbons (Fsp3) is 0.241. The average molecular weight is 413 g/mol. The van der Waals surface area contributed by atoms with Crippen LogP contribution in [0.5, 0.6) is 5.75 Å². The molecule has 31 heavy (non-hydrogen) atoms. The second-order valence-electron chi connectivity index (χ2n) is 8.13. The van der Waals surface area contributed by atoms with Gasteiger partial charge in [-0.05, 0) is 65.5 Å². The first-order valence-electron chi connectivity index (χ1n) is 11.1. The van der Waals surface area contributed by atoms with Crippen LogP contribution in [0.15, 0.2) is 78.9 Å². The van der Waals surface area contributed by atoms with Crippen LogP contribution in [0.1, 0.15) is 36.5 Å². The first-order chi connectivity index (χ1) is 15.2. The van der Waals surface area contributed by atoms with Crippen LogP contribution >= 0.6 is 0 Å². The number of hydrogen-bond acceptors (Lipinski definition) is 1. The van der Waals surface area contributed by atoms with Gasteiger partial charge in [-0.2, -0.15) is 0 Å². The molecule has 0 fully saturated rings. The monoisotopic (exact) mass is 412 g/mol. The highest BCUT2D eigenvalue weighted by atomic mass is 19.1. The lowest BCUT2D eigenvalue weighted by Gasteiger charge is -2.10. The molecule has 158 valence electrons. The van der Waals surface area contributed by atoms with E-state index in [0.29, 0.717) is 10.9 Å². The lowest BCUT2D eigenvalue weighted by Crippen LogP contribution is -1.94. The summed E-state index contributed by atoms with van der Waals surface area (Å²) in [5.74, 6) is 0.599. The van der Waals surface area contributed by atoms with Crippen LogP contribution in [0, 0.1) is 5.82 Å². The van der Waals surface area contributed by atoms with Gasteiger partial charge in [0.25, 0.3) is 0 Å². The Labute approximate surface area is 184 Å². The van der Waals surface area contributed by atoms with E-state index < -0.39 is 0 Å². The van der Waals surface area contributed by atoms with Crippen LogP contribution in [-0.4, -0.2) is 7.11 Å². The second-order valence-corrected chi connectivity index (χ2v) is 8.13. The van der Waals surface area contributed by atoms with Crippen molar-refractivity contribution in [1.82, 2.24) is 0 Å². The van der Waals surface area contributed by atoms with Crippen molar-refractivity contribution in [2.45, 2.75) is 39.0 Å². The summed E-state index contributed by atoms with van der Waals surface area (Å²) in [7, 11) is 1.63. The van der Waals surface area contributed by atoms with E-state index in [9.17, 15) is 0 Å². The summed E-state index contributed by atoms with van der Waals surface area (Å²) in [6, 6.07) is 26.5. The van der Waals surface area contributed by atoms with Crippen LogP contribution in [0.2, 0.25) is 0 Å². The molecule has 0 N–H and O–H groups in total. The smallest absolute Gasteiger partial charge is 0.138 e. The van der Waals surface area contributed by atoms with Gasteiger partial charge in [0, 0.05) is 10.9 Å². The van der Waals surface area contributed by atoms with Gasteiger partial charge < -0.3 is 4.74 Å². The number of methoxy groups -OCH3 is 1. The van der Waals surface area contributed by atoms with Crippen molar-refractivity contribution >= 4 is 10.8 Å². The molecule has 1 nitrogen and oxygen atoms in total. The number of unbranched alkanes of at least 4 members (excludes halogenated alkanes) is 1. The summed E-state index contributed by atoms with van der Waals surface area (Å²) < 4.78 is 20.4. The Morgan fingerprint density at radius 1 is 0.710 bits per heavy atom.